The quantitative estimate of drug-likeness (QED) is 0.306. The maximum absolute atomic E-state index is 13.6. The molecule has 23 heavy (non-hydrogen) atoms. The monoisotopic (exact) mass is 316 g/mol. The molecule has 1 N–H and O–H groups in total. The molecule has 0 atom stereocenters. The summed E-state index contributed by atoms with van der Waals surface area (Å²) in [7, 11) is 0. The predicted octanol–water partition coefficient (Wildman–Crippen LogP) is 3.66. The third-order valence-corrected chi connectivity index (χ3v) is 2.96. The van der Waals surface area contributed by atoms with Crippen molar-refractivity contribution in [3.05, 3.63) is 71.1 Å². The second-order valence-electron chi connectivity index (χ2n) is 4.61. The number of benzene rings is 1. The van der Waals surface area contributed by atoms with Gasteiger partial charge in [0, 0.05) is 12.3 Å². The lowest BCUT2D eigenvalue weighted by Crippen LogP contribution is -2.08. The van der Waals surface area contributed by atoms with Crippen molar-refractivity contribution >= 4 is 22.5 Å². The summed E-state index contributed by atoms with van der Waals surface area (Å²) in [5.41, 5.74) is -1.26. The van der Waals surface area contributed by atoms with Gasteiger partial charge >= 0.3 is 11.6 Å². The van der Waals surface area contributed by atoms with E-state index < -0.39 is 28.8 Å². The Morgan fingerprint density at radius 1 is 1.39 bits per heavy atom. The van der Waals surface area contributed by atoms with E-state index in [-0.39, 0.29) is 16.9 Å². The second kappa shape index (κ2) is 6.31. The molecule has 0 amide bonds. The van der Waals surface area contributed by atoms with Crippen LogP contribution in [-0.2, 0) is 4.79 Å². The lowest BCUT2D eigenvalue weighted by molar-refractivity contribution is -0.131. The first-order chi connectivity index (χ1) is 10.8. The van der Waals surface area contributed by atoms with Crippen molar-refractivity contribution in [2.75, 3.05) is 0 Å². The fraction of sp³-hybridized carbons (Fsp3) is 0.0588. The molecule has 1 aromatic heterocycles. The van der Waals surface area contributed by atoms with Gasteiger partial charge in [0.15, 0.2) is 0 Å². The van der Waals surface area contributed by atoms with Crippen LogP contribution in [0.4, 0.5) is 4.39 Å². The van der Waals surface area contributed by atoms with Gasteiger partial charge in [-0.2, -0.15) is 0 Å². The first-order valence-corrected chi connectivity index (χ1v) is 6.50. The molecule has 118 valence electrons. The van der Waals surface area contributed by atoms with Crippen LogP contribution in [0.2, 0.25) is 0 Å². The molecule has 0 aliphatic heterocycles. The number of rotatable bonds is 4. The van der Waals surface area contributed by atoms with E-state index in [4.69, 9.17) is 9.15 Å². The van der Waals surface area contributed by atoms with Crippen LogP contribution in [0.1, 0.15) is 12.5 Å². The summed E-state index contributed by atoms with van der Waals surface area (Å²) >= 11 is 0. The zero-order valence-corrected chi connectivity index (χ0v) is 12.3. The van der Waals surface area contributed by atoms with Crippen molar-refractivity contribution in [3.8, 4) is 5.75 Å². The van der Waals surface area contributed by atoms with E-state index in [1.165, 1.54) is 31.2 Å². The van der Waals surface area contributed by atoms with Gasteiger partial charge in [-0.1, -0.05) is 13.2 Å². The minimum absolute atomic E-state index is 0.219. The first kappa shape index (κ1) is 16.2. The zero-order chi connectivity index (χ0) is 17.1. The number of fused-ring (bicyclic) bond motifs is 1. The fourth-order valence-corrected chi connectivity index (χ4v) is 2.03. The van der Waals surface area contributed by atoms with E-state index in [0.29, 0.717) is 5.39 Å². The Balaban J connectivity index is 2.72. The highest BCUT2D eigenvalue weighted by molar-refractivity contribution is 5.86. The molecular formula is C17H13FO5. The number of allylic oxidation sites excluding steroid dienone is 3. The van der Waals surface area contributed by atoms with Gasteiger partial charge in [-0.05, 0) is 30.3 Å². The van der Waals surface area contributed by atoms with E-state index in [1.54, 1.807) is 0 Å². The van der Waals surface area contributed by atoms with Crippen LogP contribution in [0.5, 0.6) is 5.75 Å². The summed E-state index contributed by atoms with van der Waals surface area (Å²) in [6.07, 6.45) is 0.985. The second-order valence-corrected chi connectivity index (χ2v) is 4.61. The molecule has 2 rings (SSSR count). The summed E-state index contributed by atoms with van der Waals surface area (Å²) in [5, 5.41) is 10.1. The van der Waals surface area contributed by atoms with Gasteiger partial charge in [0.25, 0.3) is 0 Å². The molecule has 0 saturated carbocycles. The van der Waals surface area contributed by atoms with Crippen molar-refractivity contribution in [2.24, 2.45) is 0 Å². The molecule has 6 heteroatoms. The molecule has 0 fully saturated rings. The maximum atomic E-state index is 13.6. The molecule has 0 aliphatic carbocycles. The molecule has 2 aromatic rings. The largest absolute Gasteiger partial charge is 0.507 e. The Labute approximate surface area is 130 Å². The van der Waals surface area contributed by atoms with Crippen LogP contribution in [-0.4, -0.2) is 11.1 Å². The first-order valence-electron chi connectivity index (χ1n) is 6.50. The molecular weight excluding hydrogens is 303 g/mol. The minimum atomic E-state index is -1.01. The summed E-state index contributed by atoms with van der Waals surface area (Å²) in [4.78, 5) is 23.0. The summed E-state index contributed by atoms with van der Waals surface area (Å²) in [6.45, 7) is 7.67. The number of halogens is 1. The van der Waals surface area contributed by atoms with Crippen LogP contribution in [0.25, 0.3) is 16.5 Å². The highest BCUT2D eigenvalue weighted by atomic mass is 19.1. The number of ether oxygens (including phenoxy) is 1. The molecule has 1 heterocycles. The Morgan fingerprint density at radius 3 is 2.65 bits per heavy atom. The summed E-state index contributed by atoms with van der Waals surface area (Å²) in [6, 6.07) is 5.67. The Kier molecular flexibility index (Phi) is 4.45. The molecule has 0 aliphatic rings. The lowest BCUT2D eigenvalue weighted by Gasteiger charge is -2.07. The van der Waals surface area contributed by atoms with E-state index in [1.807, 2.05) is 0 Å². The van der Waals surface area contributed by atoms with Gasteiger partial charge in [-0.25, -0.2) is 9.18 Å². The van der Waals surface area contributed by atoms with Crippen molar-refractivity contribution in [1.82, 2.24) is 0 Å². The fourth-order valence-electron chi connectivity index (χ4n) is 2.03. The van der Waals surface area contributed by atoms with Gasteiger partial charge in [0.2, 0.25) is 0 Å². The summed E-state index contributed by atoms with van der Waals surface area (Å²) < 4.78 is 23.6. The highest BCUT2D eigenvalue weighted by Gasteiger charge is 2.17. The number of aliphatic hydroxyl groups is 1. The number of aliphatic hydroxyl groups excluding tert-OH is 1. The predicted molar refractivity (Wildman–Crippen MR) is 83.8 cm³/mol. The van der Waals surface area contributed by atoms with Gasteiger partial charge in [-0.15, -0.1) is 0 Å². The number of carbonyl (C=O) groups excluding carboxylic acids is 1. The standard InChI is InChI=1S/C17H13FO5/c1-4-14(20)16(9(2)18)13-8-11-7-12(22-10(3)19)5-6-15(11)23-17(13)21/h4-8,20H,1-2H2,3H3/b16-14-. The average molecular weight is 316 g/mol. The van der Waals surface area contributed by atoms with Crippen molar-refractivity contribution in [1.29, 1.82) is 0 Å². The van der Waals surface area contributed by atoms with E-state index >= 15 is 0 Å². The molecule has 5 nitrogen and oxygen atoms in total. The van der Waals surface area contributed by atoms with Gasteiger partial charge in [-0.3, -0.25) is 4.79 Å². The minimum Gasteiger partial charge on any atom is -0.507 e. The van der Waals surface area contributed by atoms with Crippen LogP contribution in [0.15, 0.2) is 64.3 Å². The van der Waals surface area contributed by atoms with E-state index in [0.717, 1.165) is 6.08 Å². The highest BCUT2D eigenvalue weighted by Crippen LogP contribution is 2.28. The molecule has 1 aromatic carbocycles. The number of hydrogen-bond donors (Lipinski definition) is 1. The summed E-state index contributed by atoms with van der Waals surface area (Å²) in [5.74, 6) is -1.82. The SMILES string of the molecule is C=C/C(O)=C(\C(=C)F)c1cc2cc(OC(C)=O)ccc2oc1=O. The average Bonchev–Trinajstić information content (AvgIpc) is 2.47. The Morgan fingerprint density at radius 2 is 2.09 bits per heavy atom. The zero-order valence-electron chi connectivity index (χ0n) is 12.3. The third-order valence-electron chi connectivity index (χ3n) is 2.96. The van der Waals surface area contributed by atoms with Gasteiger partial charge < -0.3 is 14.3 Å². The lowest BCUT2D eigenvalue weighted by atomic mass is 10.0. The smallest absolute Gasteiger partial charge is 0.344 e. The molecule has 0 saturated heterocycles. The Bertz CT molecular complexity index is 905. The number of carbonyl (C=O) groups is 1. The van der Waals surface area contributed by atoms with Crippen LogP contribution < -0.4 is 10.4 Å². The maximum Gasteiger partial charge on any atom is 0.344 e. The third kappa shape index (κ3) is 3.37. The molecule has 0 bridgehead atoms. The Hall–Kier alpha value is -3.15. The van der Waals surface area contributed by atoms with E-state index in [9.17, 15) is 19.1 Å². The van der Waals surface area contributed by atoms with E-state index in [2.05, 4.69) is 13.2 Å². The van der Waals surface area contributed by atoms with Crippen LogP contribution >= 0.6 is 0 Å². The topological polar surface area (TPSA) is 76.7 Å². The molecule has 0 spiro atoms. The normalized spacial score (nSPS) is 11.7. The van der Waals surface area contributed by atoms with Crippen LogP contribution in [0.3, 0.4) is 0 Å². The van der Waals surface area contributed by atoms with Gasteiger partial charge in [0.05, 0.1) is 11.1 Å². The molecule has 0 radical (unpaired) electrons. The van der Waals surface area contributed by atoms with Crippen molar-refractivity contribution in [2.45, 2.75) is 6.92 Å². The van der Waals surface area contributed by atoms with Crippen molar-refractivity contribution < 1.29 is 23.4 Å². The number of hydrogen-bond acceptors (Lipinski definition) is 5. The van der Waals surface area contributed by atoms with Crippen LogP contribution in [0, 0.1) is 0 Å². The van der Waals surface area contributed by atoms with Gasteiger partial charge in [0.1, 0.15) is 22.9 Å². The van der Waals surface area contributed by atoms with Crippen molar-refractivity contribution in [3.63, 3.8) is 0 Å². The molecule has 0 unspecified atom stereocenters. The number of esters is 1.